The van der Waals surface area contributed by atoms with Crippen molar-refractivity contribution < 1.29 is 17.9 Å². The molecular formula is C20H30N2O4S. The summed E-state index contributed by atoms with van der Waals surface area (Å²) in [5, 5.41) is 0. The van der Waals surface area contributed by atoms with Crippen molar-refractivity contribution in [3.05, 3.63) is 24.3 Å². The molecule has 150 valence electrons. The number of sulfonamides is 1. The number of hydrogen-bond donors (Lipinski definition) is 0. The van der Waals surface area contributed by atoms with E-state index in [1.807, 2.05) is 4.90 Å². The van der Waals surface area contributed by atoms with E-state index in [-0.39, 0.29) is 16.7 Å². The van der Waals surface area contributed by atoms with Crippen molar-refractivity contribution in [2.45, 2.75) is 38.0 Å². The summed E-state index contributed by atoms with van der Waals surface area (Å²) >= 11 is 0. The Bertz CT molecular complexity index is 745. The molecule has 3 rings (SSSR count). The number of benzene rings is 1. The minimum absolute atomic E-state index is 0.0650. The molecule has 0 aliphatic carbocycles. The van der Waals surface area contributed by atoms with Crippen LogP contribution < -0.4 is 4.74 Å². The van der Waals surface area contributed by atoms with Crippen LogP contribution in [-0.4, -0.2) is 56.8 Å². The number of carbonyl (C=O) groups is 1. The summed E-state index contributed by atoms with van der Waals surface area (Å²) in [6.45, 7) is 6.83. The van der Waals surface area contributed by atoms with Crippen LogP contribution in [0.3, 0.4) is 0 Å². The van der Waals surface area contributed by atoms with Gasteiger partial charge in [-0.3, -0.25) is 4.79 Å². The van der Waals surface area contributed by atoms with Gasteiger partial charge in [0, 0.05) is 32.1 Å². The Labute approximate surface area is 162 Å². The lowest BCUT2D eigenvalue weighted by Gasteiger charge is -2.39. The summed E-state index contributed by atoms with van der Waals surface area (Å²) in [6, 6.07) is 6.45. The van der Waals surface area contributed by atoms with E-state index in [4.69, 9.17) is 4.74 Å². The Morgan fingerprint density at radius 2 is 1.59 bits per heavy atom. The molecule has 0 bridgehead atoms. The summed E-state index contributed by atoms with van der Waals surface area (Å²) in [4.78, 5) is 15.2. The molecule has 2 unspecified atom stereocenters. The number of rotatable bonds is 4. The van der Waals surface area contributed by atoms with Gasteiger partial charge in [0.05, 0.1) is 12.0 Å². The summed E-state index contributed by atoms with van der Waals surface area (Å²) in [5.74, 6) is 1.84. The predicted octanol–water partition coefficient (Wildman–Crippen LogP) is 2.60. The van der Waals surface area contributed by atoms with Crippen LogP contribution in [0.2, 0.25) is 0 Å². The molecular weight excluding hydrogens is 364 g/mol. The Kier molecular flexibility index (Phi) is 6.11. The molecule has 1 amide bonds. The van der Waals surface area contributed by atoms with Gasteiger partial charge in [0.2, 0.25) is 15.9 Å². The second kappa shape index (κ2) is 8.19. The van der Waals surface area contributed by atoms with Gasteiger partial charge in [0.15, 0.2) is 0 Å². The minimum Gasteiger partial charge on any atom is -0.497 e. The van der Waals surface area contributed by atoms with Crippen molar-refractivity contribution in [3.8, 4) is 5.75 Å². The first-order valence-corrected chi connectivity index (χ1v) is 11.2. The second-order valence-corrected chi connectivity index (χ2v) is 9.98. The largest absolute Gasteiger partial charge is 0.497 e. The molecule has 0 spiro atoms. The molecule has 6 nitrogen and oxygen atoms in total. The van der Waals surface area contributed by atoms with Gasteiger partial charge in [-0.25, -0.2) is 8.42 Å². The van der Waals surface area contributed by atoms with Crippen LogP contribution in [0.5, 0.6) is 5.75 Å². The van der Waals surface area contributed by atoms with E-state index in [9.17, 15) is 13.2 Å². The van der Waals surface area contributed by atoms with Crippen LogP contribution in [0.15, 0.2) is 29.2 Å². The zero-order valence-electron chi connectivity index (χ0n) is 16.4. The number of likely N-dealkylation sites (tertiary alicyclic amines) is 1. The molecule has 2 heterocycles. The maximum Gasteiger partial charge on any atom is 0.243 e. The Morgan fingerprint density at radius 3 is 2.11 bits per heavy atom. The number of hydrogen-bond acceptors (Lipinski definition) is 4. The van der Waals surface area contributed by atoms with Crippen LogP contribution in [0, 0.1) is 17.8 Å². The first kappa shape index (κ1) is 20.1. The maximum atomic E-state index is 12.9. The van der Waals surface area contributed by atoms with Crippen molar-refractivity contribution >= 4 is 15.9 Å². The molecule has 0 aromatic heterocycles. The number of carbonyl (C=O) groups excluding carboxylic acids is 1. The van der Waals surface area contributed by atoms with Crippen LogP contribution in [-0.2, 0) is 14.8 Å². The number of amides is 1. The lowest BCUT2D eigenvalue weighted by Crippen LogP contribution is -2.48. The molecule has 0 radical (unpaired) electrons. The van der Waals surface area contributed by atoms with Gasteiger partial charge in [0.1, 0.15) is 5.75 Å². The third kappa shape index (κ3) is 4.46. The summed E-state index contributed by atoms with van der Waals surface area (Å²) in [7, 11) is -1.97. The highest BCUT2D eigenvalue weighted by molar-refractivity contribution is 7.89. The van der Waals surface area contributed by atoms with Gasteiger partial charge >= 0.3 is 0 Å². The Hall–Kier alpha value is -1.60. The van der Waals surface area contributed by atoms with Crippen molar-refractivity contribution in [2.24, 2.45) is 17.8 Å². The topological polar surface area (TPSA) is 66.9 Å². The van der Waals surface area contributed by atoms with E-state index in [1.165, 1.54) is 10.7 Å². The summed E-state index contributed by atoms with van der Waals surface area (Å²) in [5.41, 5.74) is 0. The van der Waals surface area contributed by atoms with Crippen LogP contribution in [0.1, 0.15) is 33.1 Å². The zero-order valence-corrected chi connectivity index (χ0v) is 17.2. The lowest BCUT2D eigenvalue weighted by atomic mass is 9.89. The molecule has 7 heteroatoms. The monoisotopic (exact) mass is 394 g/mol. The highest BCUT2D eigenvalue weighted by Gasteiger charge is 2.35. The maximum absolute atomic E-state index is 12.9. The molecule has 2 atom stereocenters. The fourth-order valence-electron chi connectivity index (χ4n) is 4.34. The number of methoxy groups -OCH3 is 1. The molecule has 0 saturated carbocycles. The molecule has 2 saturated heterocycles. The van der Waals surface area contributed by atoms with Crippen molar-refractivity contribution in [1.82, 2.24) is 9.21 Å². The SMILES string of the molecule is COc1ccc(S(=O)(=O)N2CCC(C(=O)N3CC(C)CC(C)C3)CC2)cc1. The van der Waals surface area contributed by atoms with Crippen molar-refractivity contribution in [3.63, 3.8) is 0 Å². The average Bonchev–Trinajstić information content (AvgIpc) is 2.67. The minimum atomic E-state index is -3.53. The molecule has 1 aromatic carbocycles. The summed E-state index contributed by atoms with van der Waals surface area (Å²) < 4.78 is 32.3. The molecule has 2 fully saturated rings. The van der Waals surface area contributed by atoms with Gasteiger partial charge < -0.3 is 9.64 Å². The lowest BCUT2D eigenvalue weighted by molar-refractivity contribution is -0.139. The predicted molar refractivity (Wildman–Crippen MR) is 104 cm³/mol. The van der Waals surface area contributed by atoms with Gasteiger partial charge in [-0.15, -0.1) is 0 Å². The quantitative estimate of drug-likeness (QED) is 0.787. The van der Waals surface area contributed by atoms with Crippen LogP contribution >= 0.6 is 0 Å². The highest BCUT2D eigenvalue weighted by atomic mass is 32.2. The standard InChI is InChI=1S/C20H30N2O4S/c1-15-12-16(2)14-21(13-15)20(23)17-8-10-22(11-9-17)27(24,25)19-6-4-18(26-3)5-7-19/h4-7,15-17H,8-14H2,1-3H3. The van der Waals surface area contributed by atoms with Crippen LogP contribution in [0.4, 0.5) is 0 Å². The van der Waals surface area contributed by atoms with Gasteiger partial charge in [0.25, 0.3) is 0 Å². The number of nitrogens with zero attached hydrogens (tertiary/aromatic N) is 2. The molecule has 0 N–H and O–H groups in total. The molecule has 2 aliphatic rings. The Morgan fingerprint density at radius 1 is 1.04 bits per heavy atom. The third-order valence-corrected chi connectivity index (χ3v) is 7.59. The van der Waals surface area contributed by atoms with Crippen molar-refractivity contribution in [1.29, 1.82) is 0 Å². The third-order valence-electron chi connectivity index (χ3n) is 5.68. The highest BCUT2D eigenvalue weighted by Crippen LogP contribution is 2.28. The summed E-state index contributed by atoms with van der Waals surface area (Å²) in [6.07, 6.45) is 2.35. The van der Waals surface area contributed by atoms with Crippen LogP contribution in [0.25, 0.3) is 0 Å². The molecule has 1 aromatic rings. The Balaban J connectivity index is 1.61. The first-order valence-electron chi connectivity index (χ1n) is 9.74. The van der Waals surface area contributed by atoms with Crippen molar-refractivity contribution in [2.75, 3.05) is 33.3 Å². The number of ether oxygens (including phenoxy) is 1. The zero-order chi connectivity index (χ0) is 19.6. The smallest absolute Gasteiger partial charge is 0.243 e. The van der Waals surface area contributed by atoms with E-state index < -0.39 is 10.0 Å². The van der Waals surface area contributed by atoms with Gasteiger partial charge in [-0.05, 0) is 55.4 Å². The number of piperidine rings is 2. The fourth-order valence-corrected chi connectivity index (χ4v) is 5.81. The van der Waals surface area contributed by atoms with E-state index in [2.05, 4.69) is 13.8 Å². The first-order chi connectivity index (χ1) is 12.8. The second-order valence-electron chi connectivity index (χ2n) is 8.04. The average molecular weight is 395 g/mol. The van der Waals surface area contributed by atoms with E-state index in [1.54, 1.807) is 31.4 Å². The molecule has 2 aliphatic heterocycles. The van der Waals surface area contributed by atoms with Gasteiger partial charge in [-0.2, -0.15) is 4.31 Å². The van der Waals surface area contributed by atoms with E-state index in [0.717, 1.165) is 13.1 Å². The normalized spacial score (nSPS) is 25.4. The molecule has 27 heavy (non-hydrogen) atoms. The van der Waals surface area contributed by atoms with Gasteiger partial charge in [-0.1, -0.05) is 13.8 Å². The fraction of sp³-hybridized carbons (Fsp3) is 0.650. The van der Waals surface area contributed by atoms with E-state index >= 15 is 0 Å². The van der Waals surface area contributed by atoms with E-state index in [0.29, 0.717) is 43.5 Å².